The Kier molecular flexibility index (Phi) is 6.83. The maximum atomic E-state index is 13.1. The first-order valence-corrected chi connectivity index (χ1v) is 16.5. The fourth-order valence-electron chi connectivity index (χ4n) is 12.0. The lowest BCUT2D eigenvalue weighted by molar-refractivity contribution is -0.219. The first-order valence-electron chi connectivity index (χ1n) is 16.5. The normalized spacial score (nSPS) is 44.5. The van der Waals surface area contributed by atoms with Crippen LogP contribution in [0.15, 0.2) is 35.9 Å². The van der Waals surface area contributed by atoms with E-state index >= 15 is 0 Å². The number of carbonyl (C=O) groups is 2. The van der Waals surface area contributed by atoms with Crippen LogP contribution >= 0.6 is 0 Å². The number of phenolic OH excluding ortho intramolecular Hbond substituents is 1. The smallest absolute Gasteiger partial charge is 0.338 e. The minimum absolute atomic E-state index is 0.0597. The molecular weight excluding hydrogens is 540 g/mol. The van der Waals surface area contributed by atoms with Crippen molar-refractivity contribution in [2.24, 2.45) is 50.2 Å². The van der Waals surface area contributed by atoms with Gasteiger partial charge in [0.05, 0.1) is 17.1 Å². The molecule has 0 radical (unpaired) electrons. The number of hydrogen-bond acceptors (Lipinski definition) is 5. The number of phenols is 1. The van der Waals surface area contributed by atoms with Crippen LogP contribution in [0.4, 0.5) is 0 Å². The molecule has 6 rings (SSSR count). The van der Waals surface area contributed by atoms with Crippen LogP contribution in [-0.4, -0.2) is 39.5 Å². The second kappa shape index (κ2) is 9.58. The molecule has 1 aromatic rings. The Bertz CT molecular complexity index is 1340. The molecule has 5 aliphatic carbocycles. The van der Waals surface area contributed by atoms with Gasteiger partial charge in [0.25, 0.3) is 0 Å². The predicted molar refractivity (Wildman–Crippen MR) is 165 cm³/mol. The van der Waals surface area contributed by atoms with Gasteiger partial charge in [0.2, 0.25) is 0 Å². The van der Waals surface area contributed by atoms with E-state index in [9.17, 15) is 24.9 Å². The lowest BCUT2D eigenvalue weighted by atomic mass is 9.34. The van der Waals surface area contributed by atoms with Crippen LogP contribution < -0.4 is 0 Å². The summed E-state index contributed by atoms with van der Waals surface area (Å²) in [6, 6.07) is 6.06. The van der Waals surface area contributed by atoms with Crippen molar-refractivity contribution in [1.29, 1.82) is 0 Å². The predicted octanol–water partition coefficient (Wildman–Crippen LogP) is 7.77. The number of carboxylic acid groups (broad SMARTS) is 1. The molecule has 0 aromatic heterocycles. The zero-order chi connectivity index (χ0) is 31.4. The van der Waals surface area contributed by atoms with Crippen LogP contribution in [0, 0.1) is 50.2 Å². The molecule has 0 spiro atoms. The number of aliphatic hydroxyl groups excluding tert-OH is 1. The number of esters is 1. The second-order valence-corrected chi connectivity index (χ2v) is 17.2. The number of aliphatic carboxylic acids is 1. The number of carbonyl (C=O) groups excluding carboxylic acids is 1. The fourth-order valence-corrected chi connectivity index (χ4v) is 12.0. The number of benzene rings is 1. The van der Waals surface area contributed by atoms with E-state index in [0.29, 0.717) is 24.3 Å². The Labute approximate surface area is 257 Å². The highest BCUT2D eigenvalue weighted by Gasteiger charge is 2.69. The number of rotatable bonds is 3. The van der Waals surface area contributed by atoms with Gasteiger partial charge in [-0.2, -0.15) is 0 Å². The number of fused-ring (bicyclic) bond motifs is 7. The quantitative estimate of drug-likeness (QED) is 0.245. The van der Waals surface area contributed by atoms with Gasteiger partial charge in [-0.1, -0.05) is 60.1 Å². The molecule has 1 aromatic carbocycles. The Morgan fingerprint density at radius 2 is 1.42 bits per heavy atom. The van der Waals surface area contributed by atoms with E-state index < -0.39 is 35.0 Å². The van der Waals surface area contributed by atoms with E-state index in [4.69, 9.17) is 4.74 Å². The van der Waals surface area contributed by atoms with Crippen LogP contribution in [0.3, 0.4) is 0 Å². The standard InChI is InChI=1S/C37H52O6/c1-32(2)18-19-37(31(41)42)17-14-26-34(5)15-12-25-33(3,4)29(43-30(40)22-8-10-23(38)11-9-22)24(39)20-36(25,7)27(34)13-16-35(26,6)28(37)21-32/h8-11,14,24-25,27-29,38-39H,12-13,15-21H2,1-7H3,(H,41,42)/t24?,25-,27-,28-,29?,34-,35+,36-,37+/m0/s1. The summed E-state index contributed by atoms with van der Waals surface area (Å²) in [6.07, 6.45) is 8.82. The highest BCUT2D eigenvalue weighted by atomic mass is 16.6. The van der Waals surface area contributed by atoms with Crippen LogP contribution in [0.25, 0.3) is 0 Å². The maximum absolute atomic E-state index is 13.1. The third-order valence-electron chi connectivity index (χ3n) is 14.0. The van der Waals surface area contributed by atoms with E-state index in [1.165, 1.54) is 17.7 Å². The first kappa shape index (κ1) is 30.7. The molecule has 9 atom stereocenters. The molecule has 2 unspecified atom stereocenters. The first-order chi connectivity index (χ1) is 19.9. The third-order valence-corrected chi connectivity index (χ3v) is 14.0. The molecule has 0 aliphatic heterocycles. The van der Waals surface area contributed by atoms with Crippen molar-refractivity contribution in [3.05, 3.63) is 41.5 Å². The lowest BCUT2D eigenvalue weighted by Gasteiger charge is -2.70. The summed E-state index contributed by atoms with van der Waals surface area (Å²) < 4.78 is 6.08. The molecule has 4 fully saturated rings. The summed E-state index contributed by atoms with van der Waals surface area (Å²) >= 11 is 0. The van der Waals surface area contributed by atoms with Crippen LogP contribution in [0.1, 0.15) is 117 Å². The van der Waals surface area contributed by atoms with Gasteiger partial charge < -0.3 is 20.1 Å². The summed E-state index contributed by atoms with van der Waals surface area (Å²) in [5.41, 5.74) is 0.536. The Morgan fingerprint density at radius 1 is 0.814 bits per heavy atom. The average Bonchev–Trinajstić information content (AvgIpc) is 2.90. The van der Waals surface area contributed by atoms with Crippen molar-refractivity contribution in [2.45, 2.75) is 118 Å². The van der Waals surface area contributed by atoms with E-state index in [1.54, 1.807) is 12.1 Å². The molecule has 3 N–H and O–H groups in total. The minimum Gasteiger partial charge on any atom is -0.508 e. The Hall–Kier alpha value is -2.34. The van der Waals surface area contributed by atoms with Gasteiger partial charge in [-0.25, -0.2) is 4.79 Å². The van der Waals surface area contributed by atoms with Crippen molar-refractivity contribution in [3.8, 4) is 5.75 Å². The van der Waals surface area contributed by atoms with Gasteiger partial charge >= 0.3 is 11.9 Å². The molecule has 0 amide bonds. The summed E-state index contributed by atoms with van der Waals surface area (Å²) in [7, 11) is 0. The van der Waals surface area contributed by atoms with Gasteiger partial charge in [-0.05, 0) is 121 Å². The number of allylic oxidation sites excluding steroid dienone is 2. The number of aromatic hydroxyl groups is 1. The monoisotopic (exact) mass is 592 g/mol. The summed E-state index contributed by atoms with van der Waals surface area (Å²) in [6.45, 7) is 16.2. The molecule has 0 bridgehead atoms. The van der Waals surface area contributed by atoms with Gasteiger partial charge in [0, 0.05) is 5.41 Å². The van der Waals surface area contributed by atoms with Crippen molar-refractivity contribution >= 4 is 11.9 Å². The van der Waals surface area contributed by atoms with Gasteiger partial charge in [0.1, 0.15) is 11.9 Å². The SMILES string of the molecule is CC1(C)CC[C@]2(C(=O)O)CC=C3[C@]4(C)CC[C@H]5C(C)(C)C(OC(=O)c6ccc(O)cc6)C(O)C[C@]5(C)[C@H]4CC[C@@]3(C)[C@@H]2C1. The fraction of sp³-hybridized carbons (Fsp3) is 0.730. The van der Waals surface area contributed by atoms with E-state index in [1.807, 2.05) is 0 Å². The lowest BCUT2D eigenvalue weighted by Crippen LogP contribution is -2.66. The van der Waals surface area contributed by atoms with Crippen LogP contribution in [-0.2, 0) is 9.53 Å². The summed E-state index contributed by atoms with van der Waals surface area (Å²) in [5, 5.41) is 32.0. The second-order valence-electron chi connectivity index (χ2n) is 17.2. The largest absolute Gasteiger partial charge is 0.508 e. The maximum Gasteiger partial charge on any atom is 0.338 e. The van der Waals surface area contributed by atoms with Gasteiger partial charge in [-0.3, -0.25) is 4.79 Å². The van der Waals surface area contributed by atoms with Crippen LogP contribution in [0.2, 0.25) is 0 Å². The number of ether oxygens (including phenoxy) is 1. The highest BCUT2D eigenvalue weighted by molar-refractivity contribution is 5.89. The topological polar surface area (TPSA) is 104 Å². The number of carboxylic acids is 1. The van der Waals surface area contributed by atoms with Gasteiger partial charge in [-0.15, -0.1) is 0 Å². The van der Waals surface area contributed by atoms with Crippen LogP contribution in [0.5, 0.6) is 5.75 Å². The Balaban J connectivity index is 1.32. The summed E-state index contributed by atoms with van der Waals surface area (Å²) in [4.78, 5) is 26.1. The molecule has 4 saturated carbocycles. The molecule has 0 saturated heterocycles. The molecule has 6 heteroatoms. The van der Waals surface area contributed by atoms with Crippen molar-refractivity contribution in [3.63, 3.8) is 0 Å². The third kappa shape index (κ3) is 4.28. The highest BCUT2D eigenvalue weighted by Crippen LogP contribution is 2.75. The van der Waals surface area contributed by atoms with Crippen molar-refractivity contribution < 1.29 is 29.6 Å². The molecular formula is C37H52O6. The number of hydrogen-bond donors (Lipinski definition) is 3. The molecule has 43 heavy (non-hydrogen) atoms. The van der Waals surface area contributed by atoms with Crippen molar-refractivity contribution in [1.82, 2.24) is 0 Å². The summed E-state index contributed by atoms with van der Waals surface area (Å²) in [5.74, 6) is -0.249. The average molecular weight is 593 g/mol. The zero-order valence-electron chi connectivity index (χ0n) is 27.2. The molecule has 0 heterocycles. The minimum atomic E-state index is -0.785. The molecule has 236 valence electrons. The molecule has 6 nitrogen and oxygen atoms in total. The Morgan fingerprint density at radius 3 is 2.05 bits per heavy atom. The zero-order valence-corrected chi connectivity index (χ0v) is 27.2. The van der Waals surface area contributed by atoms with Gasteiger partial charge in [0.15, 0.2) is 0 Å². The van der Waals surface area contributed by atoms with E-state index in [0.717, 1.165) is 44.9 Å². The van der Waals surface area contributed by atoms with E-state index in [-0.39, 0.29) is 39.2 Å². The number of aliphatic hydroxyl groups is 1. The van der Waals surface area contributed by atoms with Crippen molar-refractivity contribution in [2.75, 3.05) is 0 Å². The molecule has 5 aliphatic rings. The van der Waals surface area contributed by atoms with E-state index in [2.05, 4.69) is 54.5 Å².